The lowest BCUT2D eigenvalue weighted by molar-refractivity contribution is -0.148. The second-order valence-corrected chi connectivity index (χ2v) is 5.91. The molecule has 0 amide bonds. The molecule has 1 aliphatic heterocycles. The van der Waals surface area contributed by atoms with Crippen LogP contribution in [0.2, 0.25) is 0 Å². The summed E-state index contributed by atoms with van der Waals surface area (Å²) >= 11 is 0. The minimum atomic E-state index is -0.106. The molecule has 1 aromatic carbocycles. The summed E-state index contributed by atoms with van der Waals surface area (Å²) in [5.74, 6) is 1.78. The molecule has 1 fully saturated rings. The monoisotopic (exact) mass is 307 g/mol. The molecule has 0 saturated carbocycles. The van der Waals surface area contributed by atoms with E-state index in [0.29, 0.717) is 12.3 Å². The van der Waals surface area contributed by atoms with Crippen molar-refractivity contribution in [3.63, 3.8) is 0 Å². The second kappa shape index (κ2) is 7.38. The van der Waals surface area contributed by atoms with Gasteiger partial charge in [-0.25, -0.2) is 0 Å². The fraction of sp³-hybridized carbons (Fsp3) is 0.588. The number of rotatable bonds is 6. The first-order chi connectivity index (χ1) is 10.5. The molecule has 1 atom stereocenters. The Morgan fingerprint density at radius 2 is 1.86 bits per heavy atom. The van der Waals surface area contributed by atoms with Crippen LogP contribution in [-0.4, -0.2) is 39.4 Å². The Hall–Kier alpha value is -1.91. The highest BCUT2D eigenvalue weighted by molar-refractivity contribution is 5.70. The molecule has 0 N–H and O–H groups in total. The third-order valence-corrected chi connectivity index (χ3v) is 3.81. The summed E-state index contributed by atoms with van der Waals surface area (Å²) in [5.41, 5.74) is 1.07. The number of hydrogen-bond acceptors (Lipinski definition) is 5. The van der Waals surface area contributed by atoms with Crippen LogP contribution in [0.4, 0.5) is 5.69 Å². The van der Waals surface area contributed by atoms with E-state index in [-0.39, 0.29) is 12.1 Å². The maximum atomic E-state index is 11.8. The van der Waals surface area contributed by atoms with E-state index in [9.17, 15) is 4.79 Å². The fourth-order valence-electron chi connectivity index (χ4n) is 2.76. The Kier molecular flexibility index (Phi) is 5.52. The Morgan fingerprint density at radius 1 is 1.23 bits per heavy atom. The van der Waals surface area contributed by atoms with E-state index in [1.807, 2.05) is 32.0 Å². The van der Waals surface area contributed by atoms with Crippen LogP contribution in [0.5, 0.6) is 11.5 Å². The maximum Gasteiger partial charge on any atom is 0.306 e. The highest BCUT2D eigenvalue weighted by Crippen LogP contribution is 2.32. The molecule has 1 aliphatic rings. The van der Waals surface area contributed by atoms with Gasteiger partial charge in [-0.1, -0.05) is 0 Å². The summed E-state index contributed by atoms with van der Waals surface area (Å²) in [6, 6.07) is 5.85. The van der Waals surface area contributed by atoms with Crippen molar-refractivity contribution in [2.45, 2.75) is 32.8 Å². The fourth-order valence-corrected chi connectivity index (χ4v) is 2.76. The van der Waals surface area contributed by atoms with Gasteiger partial charge in [0.1, 0.15) is 11.5 Å². The van der Waals surface area contributed by atoms with E-state index in [0.717, 1.165) is 36.7 Å². The molecule has 22 heavy (non-hydrogen) atoms. The number of nitrogens with zero attached hydrogens (tertiary/aromatic N) is 1. The molecule has 2 rings (SSSR count). The van der Waals surface area contributed by atoms with Crippen molar-refractivity contribution in [3.05, 3.63) is 18.2 Å². The molecule has 1 heterocycles. The number of benzene rings is 1. The third-order valence-electron chi connectivity index (χ3n) is 3.81. The highest BCUT2D eigenvalue weighted by atomic mass is 16.5. The highest BCUT2D eigenvalue weighted by Gasteiger charge is 2.26. The topological polar surface area (TPSA) is 48.0 Å². The molecular weight excluding hydrogens is 282 g/mol. The maximum absolute atomic E-state index is 11.8. The van der Waals surface area contributed by atoms with Crippen LogP contribution in [0.1, 0.15) is 26.7 Å². The van der Waals surface area contributed by atoms with Gasteiger partial charge in [-0.15, -0.1) is 0 Å². The van der Waals surface area contributed by atoms with Gasteiger partial charge in [-0.2, -0.15) is 0 Å². The number of carbonyl (C=O) groups excluding carboxylic acids is 1. The Morgan fingerprint density at radius 3 is 2.41 bits per heavy atom. The minimum absolute atomic E-state index is 0.0485. The lowest BCUT2D eigenvalue weighted by atomic mass is 10.1. The number of anilines is 1. The van der Waals surface area contributed by atoms with Gasteiger partial charge >= 0.3 is 5.97 Å². The molecule has 1 unspecified atom stereocenters. The molecule has 1 aromatic rings. The number of hydrogen-bond donors (Lipinski definition) is 0. The zero-order valence-electron chi connectivity index (χ0n) is 13.8. The predicted octanol–water partition coefficient (Wildman–Crippen LogP) is 2.87. The number of ether oxygens (including phenoxy) is 3. The predicted molar refractivity (Wildman–Crippen MR) is 85.7 cm³/mol. The Bertz CT molecular complexity index is 493. The van der Waals surface area contributed by atoms with Crippen molar-refractivity contribution >= 4 is 11.7 Å². The number of esters is 1. The van der Waals surface area contributed by atoms with Crippen LogP contribution in [0, 0.1) is 5.92 Å². The van der Waals surface area contributed by atoms with Gasteiger partial charge in [-0.05, 0) is 26.2 Å². The Labute approximate surface area is 132 Å². The summed E-state index contributed by atoms with van der Waals surface area (Å²) < 4.78 is 15.9. The van der Waals surface area contributed by atoms with Gasteiger partial charge in [0, 0.05) is 37.0 Å². The molecule has 5 nitrogen and oxygen atoms in total. The van der Waals surface area contributed by atoms with Gasteiger partial charge in [-0.3, -0.25) is 4.79 Å². The molecular formula is C17H25NO4. The molecule has 1 saturated heterocycles. The van der Waals surface area contributed by atoms with Crippen molar-refractivity contribution in [2.24, 2.45) is 5.92 Å². The summed E-state index contributed by atoms with van der Waals surface area (Å²) in [7, 11) is 3.29. The standard InChI is InChI=1S/C17H25NO4/c1-12(2)22-17(19)7-13-5-6-18(11-13)14-8-15(20-3)10-16(9-14)21-4/h8-10,12-13H,5-7,11H2,1-4H3. The van der Waals surface area contributed by atoms with Crippen LogP contribution in [0.25, 0.3) is 0 Å². The van der Waals surface area contributed by atoms with E-state index >= 15 is 0 Å². The number of carbonyl (C=O) groups is 1. The molecule has 0 aromatic heterocycles. The average molecular weight is 307 g/mol. The smallest absolute Gasteiger partial charge is 0.306 e. The summed E-state index contributed by atoms with van der Waals surface area (Å²) in [6.07, 6.45) is 1.43. The first-order valence-electron chi connectivity index (χ1n) is 7.69. The Balaban J connectivity index is 1.99. The van der Waals surface area contributed by atoms with E-state index in [1.54, 1.807) is 14.2 Å². The molecule has 0 bridgehead atoms. The van der Waals surface area contributed by atoms with Crippen molar-refractivity contribution in [3.8, 4) is 11.5 Å². The van der Waals surface area contributed by atoms with Gasteiger partial charge < -0.3 is 19.1 Å². The zero-order valence-corrected chi connectivity index (χ0v) is 13.8. The van der Waals surface area contributed by atoms with E-state index < -0.39 is 0 Å². The van der Waals surface area contributed by atoms with Crippen LogP contribution in [0.3, 0.4) is 0 Å². The summed E-state index contributed by atoms with van der Waals surface area (Å²) in [5, 5.41) is 0. The first-order valence-corrected chi connectivity index (χ1v) is 7.69. The van der Waals surface area contributed by atoms with Gasteiger partial charge in [0.05, 0.1) is 26.7 Å². The zero-order chi connectivity index (χ0) is 16.1. The quantitative estimate of drug-likeness (QED) is 0.756. The molecule has 122 valence electrons. The van der Waals surface area contributed by atoms with Crippen LogP contribution in [-0.2, 0) is 9.53 Å². The van der Waals surface area contributed by atoms with Crippen molar-refractivity contribution in [2.75, 3.05) is 32.2 Å². The molecule has 5 heteroatoms. The van der Waals surface area contributed by atoms with Crippen LogP contribution < -0.4 is 14.4 Å². The average Bonchev–Trinajstić information content (AvgIpc) is 2.94. The minimum Gasteiger partial charge on any atom is -0.497 e. The van der Waals surface area contributed by atoms with Crippen molar-refractivity contribution in [1.29, 1.82) is 0 Å². The first kappa shape index (κ1) is 16.5. The normalized spacial score (nSPS) is 17.7. The molecule has 0 spiro atoms. The SMILES string of the molecule is COc1cc(OC)cc(N2CCC(CC(=O)OC(C)C)C2)c1. The van der Waals surface area contributed by atoms with Crippen LogP contribution in [0.15, 0.2) is 18.2 Å². The molecule has 0 aliphatic carbocycles. The lowest BCUT2D eigenvalue weighted by Crippen LogP contribution is -2.21. The van der Waals surface area contributed by atoms with Gasteiger partial charge in [0.25, 0.3) is 0 Å². The van der Waals surface area contributed by atoms with Gasteiger partial charge in [0.15, 0.2) is 0 Å². The largest absolute Gasteiger partial charge is 0.497 e. The van der Waals surface area contributed by atoms with E-state index in [4.69, 9.17) is 14.2 Å². The van der Waals surface area contributed by atoms with E-state index in [2.05, 4.69) is 4.90 Å². The van der Waals surface area contributed by atoms with Gasteiger partial charge in [0.2, 0.25) is 0 Å². The number of methoxy groups -OCH3 is 2. The van der Waals surface area contributed by atoms with Crippen molar-refractivity contribution in [1.82, 2.24) is 0 Å². The third kappa shape index (κ3) is 4.29. The molecule has 0 radical (unpaired) electrons. The lowest BCUT2D eigenvalue weighted by Gasteiger charge is -2.20. The van der Waals surface area contributed by atoms with E-state index in [1.165, 1.54) is 0 Å². The second-order valence-electron chi connectivity index (χ2n) is 5.91. The van der Waals surface area contributed by atoms with Crippen molar-refractivity contribution < 1.29 is 19.0 Å². The summed E-state index contributed by atoms with van der Waals surface area (Å²) in [6.45, 7) is 5.53. The summed E-state index contributed by atoms with van der Waals surface area (Å²) in [4.78, 5) is 14.0. The van der Waals surface area contributed by atoms with Crippen LogP contribution >= 0.6 is 0 Å².